The number of nitrogens with one attached hydrogen (secondary N) is 7. The van der Waals surface area contributed by atoms with Crippen LogP contribution in [0.4, 0.5) is 44.6 Å². The van der Waals surface area contributed by atoms with Gasteiger partial charge in [-0.05, 0) is 178 Å². The van der Waals surface area contributed by atoms with Gasteiger partial charge >= 0.3 is 18.1 Å². The summed E-state index contributed by atoms with van der Waals surface area (Å²) in [6.07, 6.45) is 7.15. The van der Waals surface area contributed by atoms with E-state index >= 15 is 0 Å². The van der Waals surface area contributed by atoms with Crippen molar-refractivity contribution in [1.82, 2.24) is 35.4 Å². The minimum atomic E-state index is -3.66. The van der Waals surface area contributed by atoms with Gasteiger partial charge in [0.25, 0.3) is 10.2 Å². The summed E-state index contributed by atoms with van der Waals surface area (Å²) < 4.78 is 61.6. The van der Waals surface area contributed by atoms with Gasteiger partial charge in [0.05, 0.1) is 0 Å². The molecular formula is C43H65F3N12O5S. The summed E-state index contributed by atoms with van der Waals surface area (Å²) in [5, 5.41) is 24.8. The predicted octanol–water partition coefficient (Wildman–Crippen LogP) is 4.40. The number of hydrogen-bond donors (Lipinski definition) is 9. The molecule has 4 aliphatic rings. The lowest BCUT2D eigenvalue weighted by Gasteiger charge is -2.30. The van der Waals surface area contributed by atoms with Crippen LogP contribution in [0.25, 0.3) is 0 Å². The van der Waals surface area contributed by atoms with E-state index in [4.69, 9.17) is 10.9 Å². The highest BCUT2D eigenvalue weighted by Gasteiger charge is 2.26. The highest BCUT2D eigenvalue weighted by molar-refractivity contribution is 7.86. The number of piperidine rings is 4. The number of carbonyl (C=O) groups excluding carboxylic acids is 3. The highest BCUT2D eigenvalue weighted by Crippen LogP contribution is 2.15. The van der Waals surface area contributed by atoms with E-state index in [9.17, 15) is 36.0 Å². The van der Waals surface area contributed by atoms with Crippen LogP contribution in [0, 0.1) is 17.5 Å². The monoisotopic (exact) mass is 918 g/mol. The molecule has 3 aromatic carbocycles. The molecule has 0 aromatic heterocycles. The molecule has 11 N–H and O–H groups in total. The third-order valence-electron chi connectivity index (χ3n) is 10.9. The van der Waals surface area contributed by atoms with E-state index in [1.165, 1.54) is 90.9 Å². The van der Waals surface area contributed by atoms with E-state index in [0.717, 1.165) is 51.9 Å². The van der Waals surface area contributed by atoms with Crippen molar-refractivity contribution < 1.29 is 36.0 Å². The first-order valence-electron chi connectivity index (χ1n) is 21.6. The quantitative estimate of drug-likeness (QED) is 0.163. The van der Waals surface area contributed by atoms with Crippen LogP contribution >= 0.6 is 0 Å². The minimum Gasteiger partial charge on any atom is -0.335 e. The van der Waals surface area contributed by atoms with Gasteiger partial charge in [-0.3, -0.25) is 0 Å². The molecule has 0 aliphatic carbocycles. The van der Waals surface area contributed by atoms with E-state index < -0.39 is 16.2 Å². The fraction of sp³-hybridized carbons (Fsp3) is 0.512. The number of hydrogen-bond acceptors (Lipinski definition) is 9. The number of anilines is 3. The molecule has 0 bridgehead atoms. The fourth-order valence-corrected chi connectivity index (χ4v) is 7.78. The number of nitrogens with two attached hydrogens (primary N) is 2. The maximum atomic E-state index is 12.7. The van der Waals surface area contributed by atoms with Crippen LogP contribution in [-0.2, 0) is 10.2 Å². The van der Waals surface area contributed by atoms with Crippen molar-refractivity contribution in [3.8, 4) is 0 Å². The number of carbonyl (C=O) groups is 3. The SMILES string of the molecule is CN1CCC(N)CC1.CN1CCC(NC(=O)Nc2ccc(F)cc2)CC1.NS(=O)(=O)N1CCC(NC(=O)Nc2ccc(F)cc2)CC1.O=C(Nc1ccc(F)cc1)NC1CCNCC1. The number of urea groups is 3. The van der Waals surface area contributed by atoms with E-state index in [1.807, 2.05) is 0 Å². The topological polar surface area (TPSA) is 231 Å². The molecule has 0 atom stereocenters. The summed E-state index contributed by atoms with van der Waals surface area (Å²) in [6, 6.07) is 16.8. The molecule has 3 aromatic rings. The summed E-state index contributed by atoms with van der Waals surface area (Å²) in [5.41, 5.74) is 7.35. The highest BCUT2D eigenvalue weighted by atomic mass is 32.2. The third-order valence-corrected chi connectivity index (χ3v) is 12.0. The third kappa shape index (κ3) is 20.6. The first kappa shape index (κ1) is 51.6. The molecule has 4 saturated heterocycles. The molecule has 0 unspecified atom stereocenters. The maximum Gasteiger partial charge on any atom is 0.319 e. The average Bonchev–Trinajstić information content (AvgIpc) is 3.26. The summed E-state index contributed by atoms with van der Waals surface area (Å²) in [7, 11) is 0.562. The average molecular weight is 919 g/mol. The van der Waals surface area contributed by atoms with Gasteiger partial charge in [0, 0.05) is 54.3 Å². The molecule has 354 valence electrons. The summed E-state index contributed by atoms with van der Waals surface area (Å²) in [6.45, 7) is 6.79. The Morgan fingerprint density at radius 2 is 0.828 bits per heavy atom. The van der Waals surface area contributed by atoms with Gasteiger partial charge in [-0.1, -0.05) is 0 Å². The molecule has 4 fully saturated rings. The van der Waals surface area contributed by atoms with Crippen molar-refractivity contribution in [1.29, 1.82) is 0 Å². The molecule has 64 heavy (non-hydrogen) atoms. The van der Waals surface area contributed by atoms with Crippen LogP contribution < -0.4 is 48.1 Å². The normalized spacial score (nSPS) is 18.3. The van der Waals surface area contributed by atoms with Crippen molar-refractivity contribution >= 4 is 45.4 Å². The van der Waals surface area contributed by atoms with E-state index in [-0.39, 0.29) is 60.7 Å². The van der Waals surface area contributed by atoms with Crippen molar-refractivity contribution in [2.75, 3.05) is 82.4 Å². The number of halogens is 3. The molecule has 4 heterocycles. The molecule has 0 spiro atoms. The molecule has 4 aliphatic heterocycles. The van der Waals surface area contributed by atoms with Crippen LogP contribution in [0.15, 0.2) is 72.8 Å². The minimum absolute atomic E-state index is 0.122. The number of likely N-dealkylation sites (tertiary alicyclic amines) is 2. The van der Waals surface area contributed by atoms with Gasteiger partial charge in [-0.15, -0.1) is 0 Å². The summed E-state index contributed by atoms with van der Waals surface area (Å²) in [4.78, 5) is 39.7. The van der Waals surface area contributed by atoms with Crippen molar-refractivity contribution in [2.45, 2.75) is 75.5 Å². The van der Waals surface area contributed by atoms with Gasteiger partial charge in [-0.25, -0.2) is 32.7 Å². The van der Waals surface area contributed by atoms with Crippen molar-refractivity contribution in [2.24, 2.45) is 10.9 Å². The Morgan fingerprint density at radius 1 is 0.531 bits per heavy atom. The lowest BCUT2D eigenvalue weighted by atomic mass is 10.1. The first-order valence-corrected chi connectivity index (χ1v) is 23.1. The second-order valence-electron chi connectivity index (χ2n) is 16.3. The van der Waals surface area contributed by atoms with Gasteiger partial charge < -0.3 is 52.8 Å². The zero-order valence-electron chi connectivity index (χ0n) is 36.6. The molecule has 17 nitrogen and oxygen atoms in total. The van der Waals surface area contributed by atoms with Gasteiger partial charge in [0.15, 0.2) is 0 Å². The predicted molar refractivity (Wildman–Crippen MR) is 244 cm³/mol. The number of nitrogens with zero attached hydrogens (tertiary/aromatic N) is 3. The Hall–Kier alpha value is -5.03. The second kappa shape index (κ2) is 26.7. The van der Waals surface area contributed by atoms with E-state index in [2.05, 4.69) is 61.1 Å². The Balaban J connectivity index is 0.000000194. The first-order chi connectivity index (χ1) is 30.5. The van der Waals surface area contributed by atoms with Crippen LogP contribution in [0.5, 0.6) is 0 Å². The largest absolute Gasteiger partial charge is 0.335 e. The number of amides is 6. The molecule has 21 heteroatoms. The lowest BCUT2D eigenvalue weighted by Crippen LogP contribution is -2.49. The van der Waals surface area contributed by atoms with Crippen molar-refractivity contribution in [3.63, 3.8) is 0 Å². The van der Waals surface area contributed by atoms with Crippen molar-refractivity contribution in [3.05, 3.63) is 90.2 Å². The fourth-order valence-electron chi connectivity index (χ4n) is 7.06. The van der Waals surface area contributed by atoms with Crippen LogP contribution in [0.2, 0.25) is 0 Å². The summed E-state index contributed by atoms with van der Waals surface area (Å²) in [5.74, 6) is -0.998. The second-order valence-corrected chi connectivity index (χ2v) is 17.8. The van der Waals surface area contributed by atoms with Gasteiger partial charge in [-0.2, -0.15) is 12.7 Å². The van der Waals surface area contributed by atoms with Gasteiger partial charge in [0.2, 0.25) is 0 Å². The van der Waals surface area contributed by atoms with Gasteiger partial charge in [0.1, 0.15) is 17.5 Å². The Labute approximate surface area is 374 Å². The summed E-state index contributed by atoms with van der Waals surface area (Å²) >= 11 is 0. The molecule has 0 saturated carbocycles. The zero-order chi connectivity index (χ0) is 46.5. The maximum absolute atomic E-state index is 12.7. The Kier molecular flexibility index (Phi) is 21.5. The Morgan fingerprint density at radius 3 is 1.14 bits per heavy atom. The number of rotatable bonds is 7. The molecule has 7 rings (SSSR count). The molecule has 6 amide bonds. The smallest absolute Gasteiger partial charge is 0.319 e. The Bertz CT molecular complexity index is 1950. The molecule has 0 radical (unpaired) electrons. The van der Waals surface area contributed by atoms with Crippen LogP contribution in [0.1, 0.15) is 51.4 Å². The van der Waals surface area contributed by atoms with Crippen LogP contribution in [0.3, 0.4) is 0 Å². The van der Waals surface area contributed by atoms with Crippen LogP contribution in [-0.4, -0.2) is 131 Å². The van der Waals surface area contributed by atoms with E-state index in [1.54, 1.807) is 12.1 Å². The number of benzene rings is 3. The lowest BCUT2D eigenvalue weighted by molar-refractivity contribution is 0.221. The molecular weight excluding hydrogens is 854 g/mol. The standard InChI is InChI=1S/C13H18FN3O.C12H17FN4O3S.C12H16FN3O.C6H14N2/c1-17-8-6-12(7-9-17)16-13(18)15-11-4-2-10(14)3-5-11;13-9-1-3-10(4-2-9)15-12(18)16-11-5-7-17(8-6-11)21(14,19)20;13-9-1-3-10(4-2-9)15-12(17)16-11-5-7-14-8-6-11;1-8-4-2-6(7)3-5-8/h2-5,12H,6-9H2,1H3,(H2,15,16,18);1-4,11H,5-8H2,(H2,14,19,20)(H2,15,16,18);1-4,11,14H,5-8H2,(H2,15,16,17);6H,2-5,7H2,1H3. The van der Waals surface area contributed by atoms with E-state index in [0.29, 0.717) is 35.9 Å². The zero-order valence-corrected chi connectivity index (χ0v) is 37.4.